The number of nitrogens with zero attached hydrogens (tertiary/aromatic N) is 1. The maximum atomic E-state index is 12.7. The molecule has 250 valence electrons. The summed E-state index contributed by atoms with van der Waals surface area (Å²) in [6, 6.07) is 21.8. The third-order valence-corrected chi connectivity index (χ3v) is 5.49. The predicted octanol–water partition coefficient (Wildman–Crippen LogP) is 6.44. The standard InChI is InChI=1S/C34H40N4O9/c1-33(2,3)46-31(41)37-29(38-32(42)47-34(4,5)6)36-25-14-18-27(19-15-25)45-28(39)24-12-16-26(17-13-24)43-21-20-35-30(40)44-22-23-10-8-7-9-11-23/h7-19H,20-22H2,1-6H3,(H,35,40)(H2,36,37,38,41,42). The van der Waals surface area contributed by atoms with Crippen LogP contribution in [0.3, 0.4) is 0 Å². The molecule has 0 heterocycles. The zero-order chi connectivity index (χ0) is 34.5. The topological polar surface area (TPSA) is 163 Å². The molecule has 0 aromatic heterocycles. The summed E-state index contributed by atoms with van der Waals surface area (Å²) in [5.41, 5.74) is 0.0161. The van der Waals surface area contributed by atoms with E-state index in [0.29, 0.717) is 11.4 Å². The number of benzene rings is 3. The first-order valence-corrected chi connectivity index (χ1v) is 14.7. The third kappa shape index (κ3) is 14.4. The number of hydrogen-bond donors (Lipinski definition) is 3. The van der Waals surface area contributed by atoms with E-state index in [-0.39, 0.29) is 37.0 Å². The van der Waals surface area contributed by atoms with Gasteiger partial charge in [-0.15, -0.1) is 4.99 Å². The van der Waals surface area contributed by atoms with Crippen LogP contribution in [0.5, 0.6) is 11.5 Å². The Kier molecular flexibility index (Phi) is 12.7. The Morgan fingerprint density at radius 1 is 0.723 bits per heavy atom. The lowest BCUT2D eigenvalue weighted by atomic mass is 10.2. The lowest BCUT2D eigenvalue weighted by Gasteiger charge is -2.21. The summed E-state index contributed by atoms with van der Waals surface area (Å²) in [5.74, 6) is -0.0738. The van der Waals surface area contributed by atoms with E-state index in [1.54, 1.807) is 77.9 Å². The molecule has 0 bridgehead atoms. The summed E-state index contributed by atoms with van der Waals surface area (Å²) in [6.45, 7) is 10.7. The molecule has 0 spiro atoms. The van der Waals surface area contributed by atoms with Crippen LogP contribution in [0.25, 0.3) is 0 Å². The Morgan fingerprint density at radius 3 is 1.96 bits per heavy atom. The highest BCUT2D eigenvalue weighted by molar-refractivity contribution is 6.06. The molecule has 0 radical (unpaired) electrons. The molecule has 0 saturated heterocycles. The highest BCUT2D eigenvalue weighted by Gasteiger charge is 2.20. The van der Waals surface area contributed by atoms with Crippen molar-refractivity contribution in [2.75, 3.05) is 18.5 Å². The minimum absolute atomic E-state index is 0.172. The number of carbonyl (C=O) groups is 4. The average molecular weight is 649 g/mol. The number of hydrogen-bond acceptors (Lipinski definition) is 9. The predicted molar refractivity (Wildman–Crippen MR) is 175 cm³/mol. The number of anilines is 1. The lowest BCUT2D eigenvalue weighted by Crippen LogP contribution is -2.40. The lowest BCUT2D eigenvalue weighted by molar-refractivity contribution is 0.0561. The molecule has 13 nitrogen and oxygen atoms in total. The number of carbonyl (C=O) groups excluding carboxylic acids is 4. The minimum Gasteiger partial charge on any atom is -0.492 e. The van der Waals surface area contributed by atoms with Crippen molar-refractivity contribution in [3.63, 3.8) is 0 Å². The van der Waals surface area contributed by atoms with Gasteiger partial charge in [0.25, 0.3) is 0 Å². The summed E-state index contributed by atoms with van der Waals surface area (Å²) >= 11 is 0. The van der Waals surface area contributed by atoms with Gasteiger partial charge in [-0.05, 0) is 95.6 Å². The molecule has 3 aromatic rings. The smallest absolute Gasteiger partial charge is 0.437 e. The summed E-state index contributed by atoms with van der Waals surface area (Å²) in [4.78, 5) is 52.9. The third-order valence-electron chi connectivity index (χ3n) is 5.49. The number of alkyl carbamates (subject to hydrolysis) is 2. The van der Waals surface area contributed by atoms with E-state index in [4.69, 9.17) is 23.7 Å². The van der Waals surface area contributed by atoms with Crippen molar-refractivity contribution in [3.8, 4) is 11.5 Å². The first-order chi connectivity index (χ1) is 22.1. The molecule has 3 amide bonds. The fourth-order valence-electron chi connectivity index (χ4n) is 3.56. The quantitative estimate of drug-likeness (QED) is 0.0588. The van der Waals surface area contributed by atoms with Crippen LogP contribution in [0.4, 0.5) is 20.1 Å². The molecule has 3 aromatic carbocycles. The zero-order valence-electron chi connectivity index (χ0n) is 27.2. The van der Waals surface area contributed by atoms with Gasteiger partial charge in [0.15, 0.2) is 0 Å². The second-order valence-corrected chi connectivity index (χ2v) is 12.0. The maximum Gasteiger partial charge on any atom is 0.437 e. The molecule has 0 saturated carbocycles. The largest absolute Gasteiger partial charge is 0.492 e. The van der Waals surface area contributed by atoms with Gasteiger partial charge in [-0.3, -0.25) is 5.32 Å². The molecule has 0 atom stereocenters. The molecule has 0 aliphatic carbocycles. The molecule has 3 rings (SSSR count). The molecule has 0 aliphatic heterocycles. The highest BCUT2D eigenvalue weighted by atomic mass is 16.6. The van der Waals surface area contributed by atoms with Crippen LogP contribution in [-0.4, -0.2) is 54.6 Å². The molecule has 3 N–H and O–H groups in total. The van der Waals surface area contributed by atoms with Crippen molar-refractivity contribution in [2.24, 2.45) is 4.99 Å². The monoisotopic (exact) mass is 648 g/mol. The normalized spacial score (nSPS) is 11.5. The van der Waals surface area contributed by atoms with Crippen molar-refractivity contribution < 1.29 is 42.9 Å². The van der Waals surface area contributed by atoms with Crippen molar-refractivity contribution in [1.29, 1.82) is 0 Å². The van der Waals surface area contributed by atoms with Crippen LogP contribution >= 0.6 is 0 Å². The zero-order valence-corrected chi connectivity index (χ0v) is 27.2. The van der Waals surface area contributed by atoms with E-state index >= 15 is 0 Å². The van der Waals surface area contributed by atoms with E-state index in [9.17, 15) is 19.2 Å². The van der Waals surface area contributed by atoms with Crippen LogP contribution in [0.2, 0.25) is 0 Å². The van der Waals surface area contributed by atoms with E-state index in [1.807, 2.05) is 30.3 Å². The van der Waals surface area contributed by atoms with Crippen LogP contribution in [0.15, 0.2) is 83.9 Å². The Balaban J connectivity index is 1.49. The van der Waals surface area contributed by atoms with Crippen molar-refractivity contribution in [3.05, 3.63) is 90.0 Å². The van der Waals surface area contributed by atoms with Crippen molar-refractivity contribution in [1.82, 2.24) is 10.6 Å². The molecule has 0 aliphatic rings. The summed E-state index contributed by atoms with van der Waals surface area (Å²) in [5, 5.41) is 7.83. The van der Waals surface area contributed by atoms with E-state index < -0.39 is 35.5 Å². The number of guanidine groups is 1. The molecule has 47 heavy (non-hydrogen) atoms. The first kappa shape index (κ1) is 35.9. The molecule has 0 unspecified atom stereocenters. The highest BCUT2D eigenvalue weighted by Crippen LogP contribution is 2.19. The van der Waals surface area contributed by atoms with Gasteiger partial charge in [0, 0.05) is 5.69 Å². The number of nitrogens with one attached hydrogen (secondary N) is 3. The summed E-state index contributed by atoms with van der Waals surface area (Å²) < 4.78 is 26.7. The number of aliphatic imine (C=N–C) groups is 1. The Labute approximate surface area is 273 Å². The Morgan fingerprint density at radius 2 is 1.34 bits per heavy atom. The molecule has 13 heteroatoms. The van der Waals surface area contributed by atoms with Gasteiger partial charge in [0.1, 0.15) is 35.9 Å². The van der Waals surface area contributed by atoms with Crippen LogP contribution in [0.1, 0.15) is 57.5 Å². The van der Waals surface area contributed by atoms with Gasteiger partial charge in [0.05, 0.1) is 12.1 Å². The average Bonchev–Trinajstić information content (AvgIpc) is 2.98. The van der Waals surface area contributed by atoms with Crippen LogP contribution in [0, 0.1) is 0 Å². The van der Waals surface area contributed by atoms with E-state index in [2.05, 4.69) is 20.9 Å². The second-order valence-electron chi connectivity index (χ2n) is 12.0. The maximum absolute atomic E-state index is 12.7. The Bertz CT molecular complexity index is 1530. The van der Waals surface area contributed by atoms with Gasteiger partial charge in [-0.1, -0.05) is 30.3 Å². The van der Waals surface area contributed by atoms with Crippen molar-refractivity contribution in [2.45, 2.75) is 59.4 Å². The number of ether oxygens (including phenoxy) is 5. The second kappa shape index (κ2) is 16.6. The molecular weight excluding hydrogens is 608 g/mol. The number of esters is 1. The minimum atomic E-state index is -0.922. The first-order valence-electron chi connectivity index (χ1n) is 14.7. The van der Waals surface area contributed by atoms with Crippen LogP contribution in [-0.2, 0) is 20.8 Å². The van der Waals surface area contributed by atoms with Gasteiger partial charge in [-0.2, -0.15) is 0 Å². The summed E-state index contributed by atoms with van der Waals surface area (Å²) in [7, 11) is 0. The van der Waals surface area contributed by atoms with E-state index in [0.717, 1.165) is 5.56 Å². The van der Waals surface area contributed by atoms with Gasteiger partial charge < -0.3 is 34.3 Å². The number of amides is 3. The molecule has 0 fully saturated rings. The van der Waals surface area contributed by atoms with Crippen molar-refractivity contribution >= 4 is 35.9 Å². The fraction of sp³-hybridized carbons (Fsp3) is 0.324. The van der Waals surface area contributed by atoms with Crippen LogP contribution < -0.4 is 25.4 Å². The van der Waals surface area contributed by atoms with E-state index in [1.165, 1.54) is 12.1 Å². The van der Waals surface area contributed by atoms with Gasteiger partial charge in [0.2, 0.25) is 5.96 Å². The number of rotatable bonds is 9. The SMILES string of the molecule is CC(C)(C)OC(=O)/N=C(\NC(=O)OC(C)(C)C)Nc1ccc(OC(=O)c2ccc(OCCNC(=O)OCc3ccccc3)cc2)cc1. The van der Waals surface area contributed by atoms with Gasteiger partial charge in [-0.25, -0.2) is 19.2 Å². The summed E-state index contributed by atoms with van der Waals surface area (Å²) in [6.07, 6.45) is -2.30. The fourth-order valence-corrected chi connectivity index (χ4v) is 3.56. The Hall–Kier alpha value is -5.59. The van der Waals surface area contributed by atoms with Gasteiger partial charge >= 0.3 is 24.2 Å². The molecular formula is C34H40N4O9.